The maximum absolute atomic E-state index is 13.4. The van der Waals surface area contributed by atoms with E-state index in [1.807, 2.05) is 32.0 Å². The van der Waals surface area contributed by atoms with Gasteiger partial charge < -0.3 is 24.6 Å². The summed E-state index contributed by atoms with van der Waals surface area (Å²) >= 11 is 6.27. The fourth-order valence-corrected chi connectivity index (χ4v) is 4.74. The highest BCUT2D eigenvalue weighted by atomic mass is 35.5. The second-order valence-electron chi connectivity index (χ2n) is 8.87. The van der Waals surface area contributed by atoms with Gasteiger partial charge in [-0.05, 0) is 67.8 Å². The number of likely N-dealkylation sites (tertiary alicyclic amines) is 1. The molecule has 0 bridgehead atoms. The molecule has 0 radical (unpaired) electrons. The molecule has 7 nitrogen and oxygen atoms in total. The van der Waals surface area contributed by atoms with Gasteiger partial charge in [0.25, 0.3) is 11.7 Å². The van der Waals surface area contributed by atoms with E-state index >= 15 is 0 Å². The Labute approximate surface area is 220 Å². The van der Waals surface area contributed by atoms with E-state index in [0.29, 0.717) is 17.9 Å². The molecule has 0 spiro atoms. The number of benzene rings is 3. The summed E-state index contributed by atoms with van der Waals surface area (Å²) in [7, 11) is 1.47. The standard InChI is InChI=1S/C29H28ClNO6/c1-5-37-24-14-18(8-10-22(24)32)26-25(27(33)19-9-11-23(36-4)21(30)13-19)28(34)29(35)31(26)15-20-12-16(2)6-7-17(20)3/h6-14,26,32-33H,5,15H2,1-4H3/b27-25-. The molecule has 192 valence electrons. The number of aromatic hydroxyl groups is 1. The maximum Gasteiger partial charge on any atom is 0.295 e. The van der Waals surface area contributed by atoms with E-state index in [2.05, 4.69) is 0 Å². The molecule has 0 aromatic heterocycles. The van der Waals surface area contributed by atoms with E-state index in [1.165, 1.54) is 24.1 Å². The number of aliphatic hydroxyl groups excluding tert-OH is 1. The molecule has 1 heterocycles. The van der Waals surface area contributed by atoms with Gasteiger partial charge in [0.2, 0.25) is 0 Å². The van der Waals surface area contributed by atoms with Gasteiger partial charge in [-0.1, -0.05) is 41.4 Å². The second-order valence-corrected chi connectivity index (χ2v) is 9.27. The van der Waals surface area contributed by atoms with Gasteiger partial charge in [0, 0.05) is 12.1 Å². The maximum atomic E-state index is 13.4. The van der Waals surface area contributed by atoms with Crippen LogP contribution in [0.3, 0.4) is 0 Å². The average Bonchev–Trinajstić information content (AvgIpc) is 3.12. The van der Waals surface area contributed by atoms with Crippen molar-refractivity contribution in [3.63, 3.8) is 0 Å². The number of phenolic OH excluding ortho intramolecular Hbond substituents is 1. The predicted molar refractivity (Wildman–Crippen MR) is 141 cm³/mol. The fourth-order valence-electron chi connectivity index (χ4n) is 4.48. The monoisotopic (exact) mass is 521 g/mol. The summed E-state index contributed by atoms with van der Waals surface area (Å²) in [5, 5.41) is 21.8. The minimum atomic E-state index is -0.930. The van der Waals surface area contributed by atoms with E-state index in [9.17, 15) is 19.8 Å². The molecule has 1 fully saturated rings. The topological polar surface area (TPSA) is 96.3 Å². The van der Waals surface area contributed by atoms with Gasteiger partial charge in [0.15, 0.2) is 11.5 Å². The number of hydrogen-bond acceptors (Lipinski definition) is 6. The Morgan fingerprint density at radius 1 is 1.03 bits per heavy atom. The van der Waals surface area contributed by atoms with Crippen LogP contribution in [-0.4, -0.2) is 40.5 Å². The first-order valence-electron chi connectivity index (χ1n) is 11.8. The molecule has 1 amide bonds. The van der Waals surface area contributed by atoms with E-state index in [1.54, 1.807) is 31.2 Å². The van der Waals surface area contributed by atoms with Crippen LogP contribution in [0.4, 0.5) is 0 Å². The van der Waals surface area contributed by atoms with Gasteiger partial charge in [0.1, 0.15) is 11.5 Å². The van der Waals surface area contributed by atoms with Crippen LogP contribution >= 0.6 is 11.6 Å². The van der Waals surface area contributed by atoms with E-state index in [-0.39, 0.29) is 40.0 Å². The Morgan fingerprint density at radius 3 is 2.46 bits per heavy atom. The van der Waals surface area contributed by atoms with Crippen molar-refractivity contribution in [2.45, 2.75) is 33.4 Å². The van der Waals surface area contributed by atoms with Gasteiger partial charge in [0.05, 0.1) is 30.4 Å². The highest BCUT2D eigenvalue weighted by Crippen LogP contribution is 2.43. The number of methoxy groups -OCH3 is 1. The summed E-state index contributed by atoms with van der Waals surface area (Å²) in [4.78, 5) is 28.2. The quantitative estimate of drug-likeness (QED) is 0.235. The highest BCUT2D eigenvalue weighted by Gasteiger charge is 2.46. The lowest BCUT2D eigenvalue weighted by molar-refractivity contribution is -0.140. The number of phenols is 1. The number of halogens is 1. The third-order valence-corrected chi connectivity index (χ3v) is 6.71. The fraction of sp³-hybridized carbons (Fsp3) is 0.241. The molecule has 4 rings (SSSR count). The summed E-state index contributed by atoms with van der Waals surface area (Å²) in [6.45, 7) is 6.13. The van der Waals surface area contributed by atoms with E-state index in [4.69, 9.17) is 21.1 Å². The molecule has 1 aliphatic rings. The molecule has 1 atom stereocenters. The molecule has 0 saturated carbocycles. The van der Waals surface area contributed by atoms with E-state index in [0.717, 1.165) is 16.7 Å². The Hall–Kier alpha value is -3.97. The number of nitrogens with zero attached hydrogens (tertiary/aromatic N) is 1. The number of carbonyl (C=O) groups excluding carboxylic acids is 2. The SMILES string of the molecule is CCOc1cc(C2/C(=C(/O)c3ccc(OC)c(Cl)c3)C(=O)C(=O)N2Cc2cc(C)ccc2C)ccc1O. The summed E-state index contributed by atoms with van der Waals surface area (Å²) in [6, 6.07) is 14.2. The van der Waals surface area contributed by atoms with Gasteiger partial charge in [-0.25, -0.2) is 0 Å². The first-order valence-corrected chi connectivity index (χ1v) is 12.2. The number of ether oxygens (including phenoxy) is 2. The smallest absolute Gasteiger partial charge is 0.295 e. The van der Waals surface area contributed by atoms with Gasteiger partial charge in [-0.15, -0.1) is 0 Å². The van der Waals surface area contributed by atoms with Gasteiger partial charge in [-0.3, -0.25) is 9.59 Å². The lowest BCUT2D eigenvalue weighted by Crippen LogP contribution is -2.29. The predicted octanol–water partition coefficient (Wildman–Crippen LogP) is 5.69. The van der Waals surface area contributed by atoms with Crippen molar-refractivity contribution >= 4 is 29.1 Å². The molecule has 2 N–H and O–H groups in total. The largest absolute Gasteiger partial charge is 0.507 e. The average molecular weight is 522 g/mol. The Morgan fingerprint density at radius 2 is 1.78 bits per heavy atom. The van der Waals surface area contributed by atoms with Crippen LogP contribution in [0.5, 0.6) is 17.2 Å². The van der Waals surface area contributed by atoms with Crippen LogP contribution in [-0.2, 0) is 16.1 Å². The summed E-state index contributed by atoms with van der Waals surface area (Å²) in [5.74, 6) is -1.36. The number of hydrogen-bond donors (Lipinski definition) is 2. The molecule has 37 heavy (non-hydrogen) atoms. The van der Waals surface area contributed by atoms with Gasteiger partial charge in [-0.2, -0.15) is 0 Å². The molecule has 0 aliphatic carbocycles. The number of carbonyl (C=O) groups is 2. The normalized spacial score (nSPS) is 16.8. The number of aryl methyl sites for hydroxylation is 2. The summed E-state index contributed by atoms with van der Waals surface area (Å²) < 4.78 is 10.7. The van der Waals surface area contributed by atoms with Crippen molar-refractivity contribution in [1.29, 1.82) is 0 Å². The number of amides is 1. The lowest BCUT2D eigenvalue weighted by Gasteiger charge is -2.26. The molecule has 8 heteroatoms. The van der Waals surface area contributed by atoms with E-state index < -0.39 is 17.7 Å². The molecule has 1 unspecified atom stereocenters. The Balaban J connectivity index is 1.91. The van der Waals surface area contributed by atoms with Crippen molar-refractivity contribution < 1.29 is 29.3 Å². The first kappa shape index (κ1) is 26.1. The highest BCUT2D eigenvalue weighted by molar-refractivity contribution is 6.46. The molecular weight excluding hydrogens is 494 g/mol. The zero-order chi connectivity index (χ0) is 26.9. The minimum absolute atomic E-state index is 0.0704. The number of aliphatic hydroxyl groups is 1. The van der Waals surface area contributed by atoms with Crippen LogP contribution < -0.4 is 9.47 Å². The third kappa shape index (κ3) is 5.00. The van der Waals surface area contributed by atoms with Crippen molar-refractivity contribution in [2.24, 2.45) is 0 Å². The third-order valence-electron chi connectivity index (χ3n) is 6.41. The second kappa shape index (κ2) is 10.6. The summed E-state index contributed by atoms with van der Waals surface area (Å²) in [6.07, 6.45) is 0. The molecule has 1 saturated heterocycles. The molecule has 3 aromatic rings. The number of rotatable bonds is 7. The van der Waals surface area contributed by atoms with Crippen LogP contribution in [0.15, 0.2) is 60.2 Å². The van der Waals surface area contributed by atoms with Gasteiger partial charge >= 0.3 is 0 Å². The number of ketones is 1. The Bertz CT molecular complexity index is 1410. The lowest BCUT2D eigenvalue weighted by atomic mass is 9.94. The van der Waals surface area contributed by atoms with Crippen LogP contribution in [0.2, 0.25) is 5.02 Å². The zero-order valence-corrected chi connectivity index (χ0v) is 21.8. The summed E-state index contributed by atoms with van der Waals surface area (Å²) in [5.41, 5.74) is 3.56. The van der Waals surface area contributed by atoms with Crippen molar-refractivity contribution in [2.75, 3.05) is 13.7 Å². The van der Waals surface area contributed by atoms with Crippen LogP contribution in [0.25, 0.3) is 5.76 Å². The van der Waals surface area contributed by atoms with Crippen molar-refractivity contribution in [1.82, 2.24) is 4.90 Å². The number of Topliss-reactive ketones (excluding diaryl/α,β-unsaturated/α-hetero) is 1. The first-order chi connectivity index (χ1) is 17.7. The molecule has 3 aromatic carbocycles. The van der Waals surface area contributed by atoms with Crippen LogP contribution in [0, 0.1) is 13.8 Å². The van der Waals surface area contributed by atoms with Crippen LogP contribution in [0.1, 0.15) is 40.8 Å². The minimum Gasteiger partial charge on any atom is -0.507 e. The molecular formula is C29H28ClNO6. The van der Waals surface area contributed by atoms with Crippen molar-refractivity contribution in [3.05, 3.63) is 93.0 Å². The Kier molecular flexibility index (Phi) is 7.45. The molecule has 1 aliphatic heterocycles. The zero-order valence-electron chi connectivity index (χ0n) is 21.0. The van der Waals surface area contributed by atoms with Crippen molar-refractivity contribution in [3.8, 4) is 17.2 Å².